The Labute approximate surface area is 171 Å². The summed E-state index contributed by atoms with van der Waals surface area (Å²) < 4.78 is 50.9. The van der Waals surface area contributed by atoms with Crippen molar-refractivity contribution in [2.24, 2.45) is 0 Å². The van der Waals surface area contributed by atoms with Crippen LogP contribution in [0.5, 0.6) is 0 Å². The number of nitrogens with one attached hydrogen (secondary N) is 1. The van der Waals surface area contributed by atoms with E-state index in [4.69, 9.17) is 0 Å². The smallest absolute Gasteiger partial charge is 0.243 e. The summed E-state index contributed by atoms with van der Waals surface area (Å²) in [6.07, 6.45) is 2.07. The lowest BCUT2D eigenvalue weighted by Gasteiger charge is -2.24. The fraction of sp³-hybridized carbons (Fsp3) is 0.350. The molecule has 0 saturated carbocycles. The Morgan fingerprint density at radius 3 is 2.24 bits per heavy atom. The fourth-order valence-corrected chi connectivity index (χ4v) is 5.62. The molecule has 29 heavy (non-hydrogen) atoms. The van der Waals surface area contributed by atoms with Gasteiger partial charge in [-0.3, -0.25) is 4.79 Å². The Morgan fingerprint density at radius 1 is 1.00 bits per heavy atom. The van der Waals surface area contributed by atoms with Gasteiger partial charge in [0.05, 0.1) is 9.79 Å². The number of carbonyl (C=O) groups excluding carboxylic acids is 1. The highest BCUT2D eigenvalue weighted by Crippen LogP contribution is 2.28. The van der Waals surface area contributed by atoms with Gasteiger partial charge in [-0.25, -0.2) is 16.8 Å². The molecule has 0 aromatic heterocycles. The highest BCUT2D eigenvalue weighted by molar-refractivity contribution is 7.90. The zero-order valence-corrected chi connectivity index (χ0v) is 18.2. The topological polar surface area (TPSA) is 101 Å². The summed E-state index contributed by atoms with van der Waals surface area (Å²) in [6, 6.07) is 10.2. The van der Waals surface area contributed by atoms with Crippen LogP contribution in [0, 0.1) is 13.8 Å². The van der Waals surface area contributed by atoms with E-state index in [9.17, 15) is 21.6 Å². The van der Waals surface area contributed by atoms with Gasteiger partial charge in [-0.05, 0) is 56.5 Å². The number of carbonyl (C=O) groups is 1. The third-order valence-electron chi connectivity index (χ3n) is 5.03. The second kappa shape index (κ2) is 7.89. The molecule has 1 fully saturated rings. The van der Waals surface area contributed by atoms with Gasteiger partial charge in [0.2, 0.25) is 15.9 Å². The first-order valence-corrected chi connectivity index (χ1v) is 12.5. The van der Waals surface area contributed by atoms with Crippen LogP contribution in [0.15, 0.2) is 52.3 Å². The second-order valence-corrected chi connectivity index (χ2v) is 11.2. The van der Waals surface area contributed by atoms with Crippen LogP contribution < -0.4 is 5.32 Å². The molecule has 1 atom stereocenters. The Balaban J connectivity index is 1.87. The van der Waals surface area contributed by atoms with Crippen molar-refractivity contribution in [1.29, 1.82) is 0 Å². The van der Waals surface area contributed by atoms with Gasteiger partial charge < -0.3 is 5.32 Å². The van der Waals surface area contributed by atoms with Crippen molar-refractivity contribution in [3.05, 3.63) is 53.6 Å². The van der Waals surface area contributed by atoms with Crippen LogP contribution in [-0.4, -0.2) is 45.9 Å². The molecular formula is C20H24N2O5S2. The third kappa shape index (κ3) is 4.52. The van der Waals surface area contributed by atoms with Crippen LogP contribution in [0.25, 0.3) is 0 Å². The largest absolute Gasteiger partial charge is 0.324 e. The van der Waals surface area contributed by atoms with Gasteiger partial charge in [0.1, 0.15) is 6.04 Å². The maximum atomic E-state index is 13.0. The normalized spacial score (nSPS) is 18.0. The molecule has 1 amide bonds. The summed E-state index contributed by atoms with van der Waals surface area (Å²) in [4.78, 5) is 13.1. The second-order valence-electron chi connectivity index (χ2n) is 7.32. The lowest BCUT2D eigenvalue weighted by Crippen LogP contribution is -2.43. The van der Waals surface area contributed by atoms with Crippen LogP contribution in [0.4, 0.5) is 5.69 Å². The molecule has 1 N–H and O–H groups in total. The molecule has 0 spiro atoms. The van der Waals surface area contributed by atoms with Gasteiger partial charge in [0.15, 0.2) is 9.84 Å². The molecule has 1 aliphatic rings. The van der Waals surface area contributed by atoms with Gasteiger partial charge in [0, 0.05) is 18.5 Å². The molecule has 1 saturated heterocycles. The predicted molar refractivity (Wildman–Crippen MR) is 111 cm³/mol. The number of anilines is 1. The number of sulfone groups is 1. The lowest BCUT2D eigenvalue weighted by molar-refractivity contribution is -0.119. The van der Waals surface area contributed by atoms with E-state index in [-0.39, 0.29) is 16.3 Å². The van der Waals surface area contributed by atoms with Gasteiger partial charge in [-0.1, -0.05) is 23.8 Å². The number of nitrogens with zero attached hydrogens (tertiary/aromatic N) is 1. The summed E-state index contributed by atoms with van der Waals surface area (Å²) in [7, 11) is -7.23. The average molecular weight is 437 g/mol. The minimum absolute atomic E-state index is 0.0916. The average Bonchev–Trinajstić information content (AvgIpc) is 3.14. The van der Waals surface area contributed by atoms with Crippen molar-refractivity contribution in [1.82, 2.24) is 4.31 Å². The summed E-state index contributed by atoms with van der Waals surface area (Å²) in [5.41, 5.74) is 2.00. The van der Waals surface area contributed by atoms with Crippen molar-refractivity contribution in [3.63, 3.8) is 0 Å². The molecule has 2 aromatic carbocycles. The van der Waals surface area contributed by atoms with E-state index in [0.717, 1.165) is 11.8 Å². The molecule has 0 bridgehead atoms. The molecule has 0 aliphatic carbocycles. The van der Waals surface area contributed by atoms with Crippen LogP contribution in [-0.2, 0) is 24.7 Å². The monoisotopic (exact) mass is 436 g/mol. The summed E-state index contributed by atoms with van der Waals surface area (Å²) in [5, 5.41) is 2.72. The third-order valence-corrected chi connectivity index (χ3v) is 8.06. The number of benzene rings is 2. The van der Waals surface area contributed by atoms with Gasteiger partial charge >= 0.3 is 0 Å². The number of amides is 1. The van der Waals surface area contributed by atoms with E-state index in [1.807, 2.05) is 6.92 Å². The maximum absolute atomic E-state index is 13.0. The summed E-state index contributed by atoms with van der Waals surface area (Å²) in [5.74, 6) is -0.466. The Morgan fingerprint density at radius 2 is 1.62 bits per heavy atom. The maximum Gasteiger partial charge on any atom is 0.243 e. The van der Waals surface area contributed by atoms with Crippen LogP contribution in [0.3, 0.4) is 0 Å². The molecule has 9 heteroatoms. The molecule has 3 rings (SSSR count). The van der Waals surface area contributed by atoms with Crippen molar-refractivity contribution >= 4 is 31.5 Å². The van der Waals surface area contributed by atoms with Crippen molar-refractivity contribution in [2.45, 2.75) is 42.5 Å². The first-order valence-electron chi connectivity index (χ1n) is 9.20. The zero-order chi connectivity index (χ0) is 21.4. The zero-order valence-electron chi connectivity index (χ0n) is 16.5. The van der Waals surface area contributed by atoms with Crippen molar-refractivity contribution in [2.75, 3.05) is 18.1 Å². The SMILES string of the molecule is Cc1ccc(S(=O)(=O)N2CCC[C@H]2C(=O)Nc2cc(S(C)(=O)=O)ccc2C)cc1. The van der Waals surface area contributed by atoms with Crippen LogP contribution >= 0.6 is 0 Å². The number of hydrogen-bond donors (Lipinski definition) is 1. The van der Waals surface area contributed by atoms with E-state index in [2.05, 4.69) is 5.32 Å². The van der Waals surface area contributed by atoms with Crippen LogP contribution in [0.1, 0.15) is 24.0 Å². The van der Waals surface area contributed by atoms with E-state index >= 15 is 0 Å². The van der Waals surface area contributed by atoms with Gasteiger partial charge in [-0.2, -0.15) is 4.31 Å². The minimum Gasteiger partial charge on any atom is -0.324 e. The van der Waals surface area contributed by atoms with Gasteiger partial charge in [-0.15, -0.1) is 0 Å². The summed E-state index contributed by atoms with van der Waals surface area (Å²) in [6.45, 7) is 3.88. The molecule has 1 aliphatic heterocycles. The van der Waals surface area contributed by atoms with Crippen molar-refractivity contribution in [3.8, 4) is 0 Å². The predicted octanol–water partition coefficient (Wildman–Crippen LogP) is 2.50. The minimum atomic E-state index is -3.81. The molecule has 1 heterocycles. The fourth-order valence-electron chi connectivity index (χ4n) is 3.32. The van der Waals surface area contributed by atoms with Crippen LogP contribution in [0.2, 0.25) is 0 Å². The first-order chi connectivity index (χ1) is 13.5. The van der Waals surface area contributed by atoms with Gasteiger partial charge in [0.25, 0.3) is 0 Å². The molecule has 0 unspecified atom stereocenters. The summed E-state index contributed by atoms with van der Waals surface area (Å²) >= 11 is 0. The Kier molecular flexibility index (Phi) is 5.84. The molecule has 2 aromatic rings. The molecule has 0 radical (unpaired) electrons. The highest BCUT2D eigenvalue weighted by Gasteiger charge is 2.39. The van der Waals surface area contributed by atoms with E-state index in [1.165, 1.54) is 28.6 Å². The standard InChI is InChI=1S/C20H24N2O5S2/c1-14-6-9-16(10-7-14)29(26,27)22-12-4-5-19(22)20(23)21-18-13-17(28(3,24)25)11-8-15(18)2/h6-11,13,19H,4-5,12H2,1-3H3,(H,21,23)/t19-/m0/s1. The number of hydrogen-bond acceptors (Lipinski definition) is 5. The lowest BCUT2D eigenvalue weighted by atomic mass is 10.1. The number of rotatable bonds is 5. The molecular weight excluding hydrogens is 412 g/mol. The van der Waals surface area contributed by atoms with E-state index < -0.39 is 31.8 Å². The van der Waals surface area contributed by atoms with Crippen molar-refractivity contribution < 1.29 is 21.6 Å². The Bertz CT molecular complexity index is 1140. The number of sulfonamides is 1. The Hall–Kier alpha value is -2.23. The van der Waals surface area contributed by atoms with E-state index in [1.54, 1.807) is 25.1 Å². The highest BCUT2D eigenvalue weighted by atomic mass is 32.2. The number of aryl methyl sites for hydroxylation is 2. The molecule has 7 nitrogen and oxygen atoms in total. The van der Waals surface area contributed by atoms with E-state index in [0.29, 0.717) is 24.1 Å². The molecule has 156 valence electrons. The quantitative estimate of drug-likeness (QED) is 0.776. The first kappa shape index (κ1) is 21.5.